The third-order valence-electron chi connectivity index (χ3n) is 3.47. The maximum atomic E-state index is 11.3. The summed E-state index contributed by atoms with van der Waals surface area (Å²) in [6.45, 7) is 6.59. The molecule has 0 aromatic heterocycles. The Morgan fingerprint density at radius 3 is 2.35 bits per heavy atom. The van der Waals surface area contributed by atoms with Gasteiger partial charge in [-0.3, -0.25) is 10.2 Å². The molecule has 1 aromatic rings. The predicted octanol–water partition coefficient (Wildman–Crippen LogP) is 2.08. The normalized spacial score (nSPS) is 23.3. The molecule has 3 nitrogen and oxygen atoms in total. The smallest absolute Gasteiger partial charge is 0.237 e. The first-order valence-electron chi connectivity index (χ1n) is 6.04. The van der Waals surface area contributed by atoms with Gasteiger partial charge in [0, 0.05) is 5.92 Å². The fraction of sp³-hybridized carbons (Fsp3) is 0.500. The van der Waals surface area contributed by atoms with Crippen LogP contribution in [0.3, 0.4) is 0 Å². The van der Waals surface area contributed by atoms with Gasteiger partial charge in [-0.25, -0.2) is 5.84 Å². The Labute approximate surface area is 102 Å². The van der Waals surface area contributed by atoms with E-state index in [0.717, 1.165) is 6.42 Å². The third kappa shape index (κ3) is 2.50. The summed E-state index contributed by atoms with van der Waals surface area (Å²) in [5.41, 5.74) is 4.96. The molecule has 0 heterocycles. The first-order valence-corrected chi connectivity index (χ1v) is 6.04. The molecule has 0 aliphatic heterocycles. The largest absolute Gasteiger partial charge is 0.294 e. The van der Waals surface area contributed by atoms with E-state index in [2.05, 4.69) is 50.5 Å². The molecule has 3 heteroatoms. The Morgan fingerprint density at radius 1 is 1.29 bits per heavy atom. The van der Waals surface area contributed by atoms with Crippen LogP contribution < -0.4 is 11.3 Å². The third-order valence-corrected chi connectivity index (χ3v) is 3.47. The molecule has 17 heavy (non-hydrogen) atoms. The molecule has 3 N–H and O–H groups in total. The van der Waals surface area contributed by atoms with Crippen LogP contribution in [0.25, 0.3) is 0 Å². The van der Waals surface area contributed by atoms with Crippen LogP contribution in [-0.2, 0) is 10.2 Å². The van der Waals surface area contributed by atoms with E-state index in [0.29, 0.717) is 5.92 Å². The maximum absolute atomic E-state index is 11.3. The summed E-state index contributed by atoms with van der Waals surface area (Å²) in [6.07, 6.45) is 0.915. The number of nitrogens with two attached hydrogens (primary N) is 1. The van der Waals surface area contributed by atoms with Crippen molar-refractivity contribution in [3.05, 3.63) is 35.4 Å². The van der Waals surface area contributed by atoms with Gasteiger partial charge in [0.05, 0.1) is 0 Å². The van der Waals surface area contributed by atoms with Crippen molar-refractivity contribution in [3.8, 4) is 0 Å². The van der Waals surface area contributed by atoms with Crippen molar-refractivity contribution in [2.75, 3.05) is 0 Å². The average molecular weight is 232 g/mol. The minimum atomic E-state index is -0.0464. The van der Waals surface area contributed by atoms with Gasteiger partial charge >= 0.3 is 0 Å². The molecular formula is C14H20N2O. The standard InChI is InChI=1S/C14H20N2O/c1-14(2,3)10-6-4-9(5-7-10)11-8-12(11)13(17)16-15/h4-7,11-12H,8,15H2,1-3H3,(H,16,17)/t11-,12+/m0/s1. The molecule has 92 valence electrons. The van der Waals surface area contributed by atoms with Gasteiger partial charge in [0.15, 0.2) is 0 Å². The molecule has 2 atom stereocenters. The second-order valence-electron chi connectivity index (χ2n) is 5.83. The molecule has 0 bridgehead atoms. The van der Waals surface area contributed by atoms with Crippen molar-refractivity contribution in [3.63, 3.8) is 0 Å². The quantitative estimate of drug-likeness (QED) is 0.466. The average Bonchev–Trinajstić information content (AvgIpc) is 3.07. The molecule has 1 saturated carbocycles. The lowest BCUT2D eigenvalue weighted by atomic mass is 9.86. The van der Waals surface area contributed by atoms with Crippen LogP contribution in [0.2, 0.25) is 0 Å². The lowest BCUT2D eigenvalue weighted by molar-refractivity contribution is -0.122. The van der Waals surface area contributed by atoms with E-state index in [1.54, 1.807) is 0 Å². The number of nitrogens with one attached hydrogen (secondary N) is 1. The summed E-state index contributed by atoms with van der Waals surface area (Å²) in [5.74, 6) is 5.51. The van der Waals surface area contributed by atoms with Gasteiger partial charge in [0.1, 0.15) is 0 Å². The van der Waals surface area contributed by atoms with Crippen molar-refractivity contribution < 1.29 is 4.79 Å². The number of hydrogen-bond acceptors (Lipinski definition) is 2. The van der Waals surface area contributed by atoms with Crippen molar-refractivity contribution in [2.24, 2.45) is 11.8 Å². The van der Waals surface area contributed by atoms with E-state index in [9.17, 15) is 4.79 Å². The van der Waals surface area contributed by atoms with Gasteiger partial charge in [-0.05, 0) is 28.9 Å². The highest BCUT2D eigenvalue weighted by Crippen LogP contribution is 2.47. The van der Waals surface area contributed by atoms with Crippen molar-refractivity contribution >= 4 is 5.91 Å². The Bertz CT molecular complexity index is 417. The van der Waals surface area contributed by atoms with Crippen LogP contribution in [-0.4, -0.2) is 5.91 Å². The van der Waals surface area contributed by atoms with Crippen molar-refractivity contribution in [1.29, 1.82) is 0 Å². The van der Waals surface area contributed by atoms with E-state index in [1.165, 1.54) is 11.1 Å². The lowest BCUT2D eigenvalue weighted by Crippen LogP contribution is -2.31. The van der Waals surface area contributed by atoms with Crippen LogP contribution in [0.15, 0.2) is 24.3 Å². The molecular weight excluding hydrogens is 212 g/mol. The summed E-state index contributed by atoms with van der Waals surface area (Å²) >= 11 is 0. The molecule has 0 spiro atoms. The minimum absolute atomic E-state index is 0.0464. The van der Waals surface area contributed by atoms with Gasteiger partial charge in [-0.15, -0.1) is 0 Å². The second-order valence-corrected chi connectivity index (χ2v) is 5.83. The van der Waals surface area contributed by atoms with Gasteiger partial charge in [-0.2, -0.15) is 0 Å². The zero-order chi connectivity index (χ0) is 12.6. The van der Waals surface area contributed by atoms with E-state index >= 15 is 0 Å². The van der Waals surface area contributed by atoms with Gasteiger partial charge in [-0.1, -0.05) is 45.0 Å². The highest BCUT2D eigenvalue weighted by molar-refractivity contribution is 5.82. The van der Waals surface area contributed by atoms with E-state index in [4.69, 9.17) is 5.84 Å². The first-order chi connectivity index (χ1) is 7.93. The molecule has 1 fully saturated rings. The number of hydrazine groups is 1. The first kappa shape index (κ1) is 12.1. The number of hydrogen-bond donors (Lipinski definition) is 2. The Kier molecular flexibility index (Phi) is 2.96. The predicted molar refractivity (Wildman–Crippen MR) is 68.3 cm³/mol. The van der Waals surface area contributed by atoms with Crippen LogP contribution >= 0.6 is 0 Å². The Hall–Kier alpha value is -1.35. The molecule has 1 aromatic carbocycles. The molecule has 0 unspecified atom stereocenters. The van der Waals surface area contributed by atoms with Gasteiger partial charge < -0.3 is 0 Å². The van der Waals surface area contributed by atoms with Crippen LogP contribution in [0, 0.1) is 5.92 Å². The Balaban J connectivity index is 2.08. The SMILES string of the molecule is CC(C)(C)c1ccc([C@@H]2C[C@H]2C(=O)NN)cc1. The summed E-state index contributed by atoms with van der Waals surface area (Å²) in [4.78, 5) is 11.3. The zero-order valence-corrected chi connectivity index (χ0v) is 10.7. The van der Waals surface area contributed by atoms with E-state index in [-0.39, 0.29) is 17.2 Å². The summed E-state index contributed by atoms with van der Waals surface area (Å²) in [6, 6.07) is 8.58. The summed E-state index contributed by atoms with van der Waals surface area (Å²) in [5, 5.41) is 0. The van der Waals surface area contributed by atoms with Gasteiger partial charge in [0.2, 0.25) is 5.91 Å². The van der Waals surface area contributed by atoms with Gasteiger partial charge in [0.25, 0.3) is 0 Å². The zero-order valence-electron chi connectivity index (χ0n) is 10.7. The van der Waals surface area contributed by atoms with Crippen molar-refractivity contribution in [2.45, 2.75) is 38.5 Å². The molecule has 1 aliphatic carbocycles. The number of carbonyl (C=O) groups excluding carboxylic acids is 1. The van der Waals surface area contributed by atoms with Crippen molar-refractivity contribution in [1.82, 2.24) is 5.43 Å². The Morgan fingerprint density at radius 2 is 1.88 bits per heavy atom. The number of benzene rings is 1. The number of amides is 1. The van der Waals surface area contributed by atoms with Crippen LogP contribution in [0.4, 0.5) is 0 Å². The van der Waals surface area contributed by atoms with Crippen LogP contribution in [0.5, 0.6) is 0 Å². The fourth-order valence-corrected chi connectivity index (χ4v) is 2.19. The molecule has 0 saturated heterocycles. The topological polar surface area (TPSA) is 55.1 Å². The van der Waals surface area contributed by atoms with Crippen LogP contribution in [0.1, 0.15) is 44.2 Å². The summed E-state index contributed by atoms with van der Waals surface area (Å²) in [7, 11) is 0. The summed E-state index contributed by atoms with van der Waals surface area (Å²) < 4.78 is 0. The molecule has 1 amide bonds. The second kappa shape index (κ2) is 4.15. The maximum Gasteiger partial charge on any atom is 0.237 e. The number of rotatable bonds is 2. The highest BCUT2D eigenvalue weighted by atomic mass is 16.2. The highest BCUT2D eigenvalue weighted by Gasteiger charge is 2.43. The fourth-order valence-electron chi connectivity index (χ4n) is 2.19. The molecule has 0 radical (unpaired) electrons. The molecule has 1 aliphatic rings. The lowest BCUT2D eigenvalue weighted by Gasteiger charge is -2.19. The number of carbonyl (C=O) groups is 1. The molecule has 2 rings (SSSR count). The van der Waals surface area contributed by atoms with E-state index in [1.807, 2.05) is 0 Å². The van der Waals surface area contributed by atoms with E-state index < -0.39 is 0 Å². The monoisotopic (exact) mass is 232 g/mol. The minimum Gasteiger partial charge on any atom is -0.294 e.